The van der Waals surface area contributed by atoms with Gasteiger partial charge in [0.15, 0.2) is 24.0 Å². The first-order valence-electron chi connectivity index (χ1n) is 13.2. The minimum atomic E-state index is -6.01. The number of phosphoric ester groups is 1. The van der Waals surface area contributed by atoms with Crippen LogP contribution in [0.25, 0.3) is 11.2 Å². The first kappa shape index (κ1) is 31.9. The number of hydrogen-bond donors (Lipinski definition) is 2. The van der Waals surface area contributed by atoms with Crippen molar-refractivity contribution in [2.45, 2.75) is 37.3 Å². The number of nitrogens with one attached hydrogen (secondary N) is 1. The van der Waals surface area contributed by atoms with Crippen LogP contribution in [0.2, 0.25) is 0 Å². The summed E-state index contributed by atoms with van der Waals surface area (Å²) in [6, 6.07) is 16.4. The molecule has 2 aliphatic heterocycles. The smallest absolute Gasteiger partial charge is 0.280 e. The Hall–Kier alpha value is -3.08. The molecular weight excluding hydrogens is 657 g/mol. The molecule has 3 N–H and O–H groups in total. The number of aromatic nitrogens is 4. The van der Waals surface area contributed by atoms with Gasteiger partial charge in [-0.1, -0.05) is 48.5 Å². The Labute approximate surface area is 254 Å². The van der Waals surface area contributed by atoms with E-state index in [0.717, 1.165) is 5.56 Å². The van der Waals surface area contributed by atoms with Crippen LogP contribution in [0, 0.1) is 0 Å². The van der Waals surface area contributed by atoms with E-state index in [4.69, 9.17) is 24.5 Å². The zero-order valence-electron chi connectivity index (χ0n) is 22.8. The third kappa shape index (κ3) is 7.50. The van der Waals surface area contributed by atoms with Crippen LogP contribution in [0.15, 0.2) is 73.3 Å². The summed E-state index contributed by atoms with van der Waals surface area (Å²) in [6.07, 6.45) is -1.63. The number of nitrogens with zero attached hydrogens (tertiary/aromatic N) is 4. The molecular formula is C24H24N6O12P3-3. The topological polar surface area (TPSA) is 257 Å². The van der Waals surface area contributed by atoms with Crippen molar-refractivity contribution in [1.82, 2.24) is 19.5 Å². The van der Waals surface area contributed by atoms with Crippen molar-refractivity contribution in [3.05, 3.63) is 78.9 Å². The van der Waals surface area contributed by atoms with Gasteiger partial charge in [-0.05, 0) is 17.7 Å². The van der Waals surface area contributed by atoms with E-state index in [1.54, 1.807) is 6.07 Å². The molecule has 4 heterocycles. The molecule has 2 aromatic heterocycles. The number of fused-ring (bicyclic) bond motifs is 2. The highest BCUT2D eigenvalue weighted by atomic mass is 31.3. The molecule has 6 rings (SSSR count). The second kappa shape index (κ2) is 12.6. The fraction of sp³-hybridized carbons (Fsp3) is 0.292. The van der Waals surface area contributed by atoms with E-state index in [2.05, 4.69) is 23.6 Å². The highest BCUT2D eigenvalue weighted by Gasteiger charge is 2.54. The summed E-state index contributed by atoms with van der Waals surface area (Å²) in [5.74, 6) is 0.119. The minimum absolute atomic E-state index is 0.0379. The molecule has 21 heteroatoms. The molecule has 2 aromatic carbocycles. The number of imidazole rings is 1. The molecule has 2 aliphatic rings. The maximum atomic E-state index is 12.5. The Kier molecular flexibility index (Phi) is 8.93. The van der Waals surface area contributed by atoms with Crippen LogP contribution in [-0.4, -0.2) is 50.7 Å². The Morgan fingerprint density at radius 3 is 2.29 bits per heavy atom. The Bertz CT molecular complexity index is 1800. The van der Waals surface area contributed by atoms with Gasteiger partial charge in [0, 0.05) is 12.1 Å². The predicted octanol–water partition coefficient (Wildman–Crippen LogP) is 1.23. The molecule has 2 saturated heterocycles. The standard InChI is InChI=1S/C24H27N6O12P3/c25-22-19-23(27-13-26-22)30(14-28-19)24-21-20(39-18(40-21)11-15-7-3-1-4-8-15)17(38-24)12-37-44(33,34)42-45(35,36)41-43(31,32)29-16-9-5-2-6-10-16/h1-10,13-14,17-18,20-21,24H,11-12H2,(H,33,34)(H,35,36)(H2,25,26,27)(H2,29,31,32)/p-3/t17-,18?,20+,21?,24-/m1/s1. The summed E-state index contributed by atoms with van der Waals surface area (Å²) >= 11 is 0. The monoisotopic (exact) mass is 681 g/mol. The number of benzene rings is 2. The molecule has 0 aliphatic carbocycles. The van der Waals surface area contributed by atoms with Gasteiger partial charge in [-0.2, -0.15) is 0 Å². The van der Waals surface area contributed by atoms with Crippen LogP contribution in [0.4, 0.5) is 11.5 Å². The summed E-state index contributed by atoms with van der Waals surface area (Å²) in [5.41, 5.74) is 7.37. The largest absolute Gasteiger partial charge is 0.761 e. The molecule has 8 atom stereocenters. The second-order valence-electron chi connectivity index (χ2n) is 9.80. The Morgan fingerprint density at radius 2 is 1.56 bits per heavy atom. The third-order valence-corrected chi connectivity index (χ3v) is 10.9. The van der Waals surface area contributed by atoms with E-state index < -0.39 is 60.8 Å². The molecule has 2 fully saturated rings. The molecule has 0 saturated carbocycles. The molecule has 240 valence electrons. The molecule has 0 radical (unpaired) electrons. The van der Waals surface area contributed by atoms with Gasteiger partial charge in [0.05, 0.1) is 12.9 Å². The van der Waals surface area contributed by atoms with Crippen LogP contribution < -0.4 is 25.5 Å². The lowest BCUT2D eigenvalue weighted by Gasteiger charge is -2.35. The van der Waals surface area contributed by atoms with Crippen molar-refractivity contribution >= 4 is 46.1 Å². The fourth-order valence-corrected chi connectivity index (χ4v) is 8.43. The van der Waals surface area contributed by atoms with E-state index in [9.17, 15) is 28.4 Å². The van der Waals surface area contributed by atoms with Gasteiger partial charge in [0.2, 0.25) is 7.75 Å². The lowest BCUT2D eigenvalue weighted by molar-refractivity contribution is -0.246. The van der Waals surface area contributed by atoms with E-state index in [1.807, 2.05) is 35.4 Å². The van der Waals surface area contributed by atoms with Crippen LogP contribution in [0.5, 0.6) is 0 Å². The predicted molar refractivity (Wildman–Crippen MR) is 148 cm³/mol. The summed E-state index contributed by atoms with van der Waals surface area (Å²) in [7, 11) is -17.1. The number of para-hydroxylation sites is 1. The molecule has 18 nitrogen and oxygen atoms in total. The molecule has 45 heavy (non-hydrogen) atoms. The number of anilines is 2. The molecule has 5 unspecified atom stereocenters. The van der Waals surface area contributed by atoms with Crippen molar-refractivity contribution in [3.8, 4) is 0 Å². The summed E-state index contributed by atoms with van der Waals surface area (Å²) in [5, 5.41) is 1.84. The van der Waals surface area contributed by atoms with Gasteiger partial charge in [0.1, 0.15) is 30.2 Å². The number of nitrogen functional groups attached to an aromatic ring is 1. The highest BCUT2D eigenvalue weighted by molar-refractivity contribution is 7.67. The van der Waals surface area contributed by atoms with Crippen LogP contribution in [-0.2, 0) is 47.5 Å². The number of nitrogens with two attached hydrogens (primary N) is 1. The van der Waals surface area contributed by atoms with Crippen molar-refractivity contribution in [2.75, 3.05) is 17.4 Å². The average molecular weight is 681 g/mol. The maximum absolute atomic E-state index is 12.5. The van der Waals surface area contributed by atoms with Crippen molar-refractivity contribution in [1.29, 1.82) is 0 Å². The Morgan fingerprint density at radius 1 is 0.867 bits per heavy atom. The van der Waals surface area contributed by atoms with Gasteiger partial charge in [-0.15, -0.1) is 0 Å². The lowest BCUT2D eigenvalue weighted by atomic mass is 10.1. The average Bonchev–Trinajstić information content (AvgIpc) is 3.66. The fourth-order valence-electron chi connectivity index (χ4n) is 4.87. The summed E-state index contributed by atoms with van der Waals surface area (Å²) in [4.78, 5) is 49.2. The van der Waals surface area contributed by atoms with Crippen molar-refractivity contribution in [3.63, 3.8) is 0 Å². The first-order valence-corrected chi connectivity index (χ1v) is 17.6. The van der Waals surface area contributed by atoms with Crippen LogP contribution in [0.1, 0.15) is 11.8 Å². The third-order valence-electron chi connectivity index (χ3n) is 6.65. The molecule has 0 bridgehead atoms. The van der Waals surface area contributed by atoms with E-state index in [1.165, 1.54) is 41.5 Å². The summed E-state index contributed by atoms with van der Waals surface area (Å²) in [6.45, 7) is -0.805. The van der Waals surface area contributed by atoms with E-state index in [0.29, 0.717) is 12.1 Å². The Balaban J connectivity index is 1.16. The van der Waals surface area contributed by atoms with Gasteiger partial charge >= 0.3 is 0 Å². The minimum Gasteiger partial charge on any atom is -0.761 e. The SMILES string of the molecule is Nc1ncnc2c1ncn2[C@@H]1O[C@H](COP(=O)([O-])OP(=O)([O-])OP(=O)([O-])Nc2ccccc2)[C@@H]2OC(Cc3ccccc3)OC21. The van der Waals surface area contributed by atoms with Gasteiger partial charge in [-0.3, -0.25) is 22.6 Å². The zero-order chi connectivity index (χ0) is 31.8. The van der Waals surface area contributed by atoms with Gasteiger partial charge < -0.3 is 44.2 Å². The molecule has 0 spiro atoms. The van der Waals surface area contributed by atoms with Crippen molar-refractivity contribution in [2.24, 2.45) is 0 Å². The molecule has 0 amide bonds. The van der Waals surface area contributed by atoms with Crippen LogP contribution in [0.3, 0.4) is 0 Å². The van der Waals surface area contributed by atoms with E-state index >= 15 is 0 Å². The number of phosphoric acid groups is 2. The number of ether oxygens (including phenoxy) is 3. The van der Waals surface area contributed by atoms with E-state index in [-0.39, 0.29) is 17.0 Å². The highest BCUT2D eigenvalue weighted by Crippen LogP contribution is 2.62. The van der Waals surface area contributed by atoms with Gasteiger partial charge in [0.25, 0.3) is 15.6 Å². The van der Waals surface area contributed by atoms with Gasteiger partial charge in [-0.25, -0.2) is 19.3 Å². The number of hydrogen-bond acceptors (Lipinski definition) is 16. The second-order valence-corrected chi connectivity index (χ2v) is 14.4. The molecule has 4 aromatic rings. The summed E-state index contributed by atoms with van der Waals surface area (Å²) < 4.78 is 69.5. The lowest BCUT2D eigenvalue weighted by Crippen LogP contribution is -2.32. The van der Waals surface area contributed by atoms with Crippen molar-refractivity contribution < 1.29 is 55.7 Å². The maximum Gasteiger partial charge on any atom is 0.280 e. The quantitative estimate of drug-likeness (QED) is 0.199. The number of rotatable bonds is 12. The van der Waals surface area contributed by atoms with Crippen LogP contribution >= 0.6 is 23.4 Å². The normalized spacial score (nSPS) is 27.0. The zero-order valence-corrected chi connectivity index (χ0v) is 25.5. The first-order chi connectivity index (χ1) is 21.4.